The number of imide groups is 1. The van der Waals surface area contributed by atoms with Gasteiger partial charge in [-0.25, -0.2) is 4.79 Å². The third kappa shape index (κ3) is 2.48. The molecular weight excluding hydrogens is 270 g/mol. The monoisotopic (exact) mass is 285 g/mol. The Morgan fingerprint density at radius 3 is 2.70 bits per heavy atom. The molecule has 0 aliphatic carbocycles. The number of fused-ring (bicyclic) bond motifs is 1. The van der Waals surface area contributed by atoms with Crippen molar-refractivity contribution in [2.75, 3.05) is 13.2 Å². The first-order valence-electron chi connectivity index (χ1n) is 6.63. The maximum absolute atomic E-state index is 11.6. The van der Waals surface area contributed by atoms with Crippen LogP contribution < -0.4 is 0 Å². The van der Waals surface area contributed by atoms with E-state index in [1.54, 1.807) is 0 Å². The summed E-state index contributed by atoms with van der Waals surface area (Å²) in [4.78, 5) is 38.9. The molecule has 0 aromatic rings. The van der Waals surface area contributed by atoms with Gasteiger partial charge in [0.2, 0.25) is 0 Å². The summed E-state index contributed by atoms with van der Waals surface area (Å²) in [5.74, 6) is -1.09. The molecule has 1 unspecified atom stereocenters. The van der Waals surface area contributed by atoms with E-state index in [2.05, 4.69) is 4.84 Å². The predicted octanol–water partition coefficient (Wildman–Crippen LogP) is 0.355. The van der Waals surface area contributed by atoms with Crippen LogP contribution >= 0.6 is 0 Å². The summed E-state index contributed by atoms with van der Waals surface area (Å²) in [6, 6.07) is 0. The average Bonchev–Trinajstić information content (AvgIpc) is 2.98. The minimum Gasteiger partial charge on any atom is -0.426 e. The van der Waals surface area contributed by atoms with Crippen LogP contribution in [0.5, 0.6) is 0 Å². The fraction of sp³-hybridized carbons (Fsp3) is 0.750. The molecule has 0 aromatic carbocycles. The van der Waals surface area contributed by atoms with Gasteiger partial charge < -0.3 is 14.2 Å². The van der Waals surface area contributed by atoms with Crippen molar-refractivity contribution in [1.82, 2.24) is 5.06 Å². The first kappa shape index (κ1) is 13.3. The number of amides is 2. The largest absolute Gasteiger partial charge is 0.534 e. The SMILES string of the molecule is O=C(OC1CO[C@@H]2OCCC[C@H]12)ON1C(=O)CCC1=O. The minimum atomic E-state index is -1.06. The van der Waals surface area contributed by atoms with E-state index in [1.165, 1.54) is 0 Å². The normalized spacial score (nSPS) is 33.2. The lowest BCUT2D eigenvalue weighted by molar-refractivity contribution is -0.179. The van der Waals surface area contributed by atoms with E-state index in [4.69, 9.17) is 14.2 Å². The number of carbonyl (C=O) groups excluding carboxylic acids is 3. The van der Waals surface area contributed by atoms with Gasteiger partial charge in [0.25, 0.3) is 11.8 Å². The van der Waals surface area contributed by atoms with Crippen molar-refractivity contribution in [1.29, 1.82) is 0 Å². The maximum Gasteiger partial charge on any atom is 0.534 e. The fourth-order valence-electron chi connectivity index (χ4n) is 2.62. The number of nitrogens with zero attached hydrogens (tertiary/aromatic N) is 1. The van der Waals surface area contributed by atoms with Gasteiger partial charge in [-0.1, -0.05) is 5.06 Å². The molecule has 3 rings (SSSR count). The van der Waals surface area contributed by atoms with Crippen LogP contribution in [0.25, 0.3) is 0 Å². The lowest BCUT2D eigenvalue weighted by Crippen LogP contribution is -2.37. The van der Waals surface area contributed by atoms with Gasteiger partial charge in [-0.3, -0.25) is 14.4 Å². The van der Waals surface area contributed by atoms with Crippen LogP contribution in [0.4, 0.5) is 4.79 Å². The zero-order valence-electron chi connectivity index (χ0n) is 10.8. The lowest BCUT2D eigenvalue weighted by atomic mass is 9.97. The number of hydroxylamine groups is 2. The van der Waals surface area contributed by atoms with Gasteiger partial charge in [-0.2, -0.15) is 0 Å². The van der Waals surface area contributed by atoms with Gasteiger partial charge in [-0.15, -0.1) is 0 Å². The Kier molecular flexibility index (Phi) is 3.58. The molecule has 0 aromatic heterocycles. The quantitative estimate of drug-likeness (QED) is 0.534. The van der Waals surface area contributed by atoms with Crippen molar-refractivity contribution in [3.8, 4) is 0 Å². The Balaban J connectivity index is 1.54. The molecule has 3 fully saturated rings. The Bertz CT molecular complexity index is 422. The number of hydrogen-bond acceptors (Lipinski definition) is 7. The highest BCUT2D eigenvalue weighted by Crippen LogP contribution is 2.32. The molecule has 20 heavy (non-hydrogen) atoms. The summed E-state index contributed by atoms with van der Waals surface area (Å²) in [7, 11) is 0. The molecule has 0 bridgehead atoms. The zero-order valence-corrected chi connectivity index (χ0v) is 10.8. The third-order valence-electron chi connectivity index (χ3n) is 3.63. The molecule has 3 atom stereocenters. The first-order chi connectivity index (χ1) is 9.65. The van der Waals surface area contributed by atoms with E-state index in [0.717, 1.165) is 12.8 Å². The van der Waals surface area contributed by atoms with Crippen molar-refractivity contribution in [2.24, 2.45) is 5.92 Å². The van der Waals surface area contributed by atoms with Crippen molar-refractivity contribution in [3.63, 3.8) is 0 Å². The van der Waals surface area contributed by atoms with Gasteiger partial charge in [0.1, 0.15) is 6.10 Å². The Morgan fingerprint density at radius 1 is 1.20 bits per heavy atom. The van der Waals surface area contributed by atoms with Crippen LogP contribution in [0.15, 0.2) is 0 Å². The van der Waals surface area contributed by atoms with E-state index in [9.17, 15) is 14.4 Å². The molecule has 3 aliphatic rings. The molecule has 3 saturated heterocycles. The highest BCUT2D eigenvalue weighted by Gasteiger charge is 2.43. The van der Waals surface area contributed by atoms with Gasteiger partial charge in [0, 0.05) is 25.4 Å². The summed E-state index contributed by atoms with van der Waals surface area (Å²) in [6.45, 7) is 0.863. The highest BCUT2D eigenvalue weighted by molar-refractivity contribution is 6.01. The predicted molar refractivity (Wildman–Crippen MR) is 60.9 cm³/mol. The van der Waals surface area contributed by atoms with Crippen molar-refractivity contribution < 1.29 is 33.4 Å². The molecule has 0 saturated carbocycles. The highest BCUT2D eigenvalue weighted by atomic mass is 16.8. The zero-order chi connectivity index (χ0) is 14.1. The molecule has 0 N–H and O–H groups in total. The van der Waals surface area contributed by atoms with E-state index in [1.807, 2.05) is 0 Å². The van der Waals surface area contributed by atoms with Gasteiger partial charge in [0.05, 0.1) is 6.61 Å². The smallest absolute Gasteiger partial charge is 0.426 e. The van der Waals surface area contributed by atoms with Crippen LogP contribution in [0.3, 0.4) is 0 Å². The second-order valence-electron chi connectivity index (χ2n) is 4.96. The minimum absolute atomic E-state index is 0.0266. The van der Waals surface area contributed by atoms with E-state index < -0.39 is 24.1 Å². The standard InChI is InChI=1S/C12H15NO7/c14-9-3-4-10(15)13(9)20-12(16)19-8-6-18-11-7(8)2-1-5-17-11/h7-8,11H,1-6H2/t7-,8?,11+/m1/s1. The average molecular weight is 285 g/mol. The molecule has 3 aliphatic heterocycles. The summed E-state index contributed by atoms with van der Waals surface area (Å²) in [5, 5.41) is 0.465. The van der Waals surface area contributed by atoms with Gasteiger partial charge in [-0.05, 0) is 12.8 Å². The molecule has 3 heterocycles. The third-order valence-corrected chi connectivity index (χ3v) is 3.63. The maximum atomic E-state index is 11.6. The number of ether oxygens (including phenoxy) is 3. The molecule has 110 valence electrons. The number of hydrogen-bond donors (Lipinski definition) is 0. The van der Waals surface area contributed by atoms with Gasteiger partial charge in [0.15, 0.2) is 6.29 Å². The fourth-order valence-corrected chi connectivity index (χ4v) is 2.62. The number of rotatable bonds is 2. The van der Waals surface area contributed by atoms with Crippen LogP contribution in [0.2, 0.25) is 0 Å². The second kappa shape index (κ2) is 5.37. The second-order valence-corrected chi connectivity index (χ2v) is 4.96. The molecular formula is C12H15NO7. The van der Waals surface area contributed by atoms with Crippen LogP contribution in [-0.4, -0.2) is 48.6 Å². The Labute approximate surface area is 114 Å². The van der Waals surface area contributed by atoms with Crippen molar-refractivity contribution >= 4 is 18.0 Å². The van der Waals surface area contributed by atoms with Crippen LogP contribution in [0.1, 0.15) is 25.7 Å². The summed E-state index contributed by atoms with van der Waals surface area (Å²) >= 11 is 0. The summed E-state index contributed by atoms with van der Waals surface area (Å²) in [6.07, 6.45) is -0.0631. The summed E-state index contributed by atoms with van der Waals surface area (Å²) in [5.41, 5.74) is 0. The van der Waals surface area contributed by atoms with Crippen molar-refractivity contribution in [3.05, 3.63) is 0 Å². The van der Waals surface area contributed by atoms with E-state index in [0.29, 0.717) is 11.7 Å². The Hall–Kier alpha value is -1.67. The lowest BCUT2D eigenvalue weighted by Gasteiger charge is -2.26. The van der Waals surface area contributed by atoms with Gasteiger partial charge >= 0.3 is 6.16 Å². The Morgan fingerprint density at radius 2 is 1.95 bits per heavy atom. The molecule has 0 radical (unpaired) electrons. The first-order valence-corrected chi connectivity index (χ1v) is 6.63. The molecule has 8 heteroatoms. The molecule has 2 amide bonds. The van der Waals surface area contributed by atoms with Crippen LogP contribution in [-0.2, 0) is 28.6 Å². The molecule has 0 spiro atoms. The van der Waals surface area contributed by atoms with E-state index in [-0.39, 0.29) is 31.7 Å². The van der Waals surface area contributed by atoms with Crippen LogP contribution in [0, 0.1) is 5.92 Å². The van der Waals surface area contributed by atoms with E-state index >= 15 is 0 Å². The molecule has 8 nitrogen and oxygen atoms in total. The van der Waals surface area contributed by atoms with Crippen molar-refractivity contribution in [2.45, 2.75) is 38.1 Å². The topological polar surface area (TPSA) is 91.4 Å². The number of carbonyl (C=O) groups is 3. The summed E-state index contributed by atoms with van der Waals surface area (Å²) < 4.78 is 15.9.